The Balaban J connectivity index is 2.23. The van der Waals surface area contributed by atoms with Gasteiger partial charge in [0.1, 0.15) is 5.58 Å². The standard InChI is InChI=1S/C14H16ClNO2/c1-8(2)9(3)16-14(17)13-7-10-6-11(15)4-5-12(10)18-13/h4-9H,1-3H3,(H,16,17)/t9-/m0/s1. The summed E-state index contributed by atoms with van der Waals surface area (Å²) in [6.45, 7) is 6.09. The number of hydrogen-bond donors (Lipinski definition) is 1. The average molecular weight is 266 g/mol. The number of fused-ring (bicyclic) bond motifs is 1. The number of carbonyl (C=O) groups excluding carboxylic acids is 1. The Morgan fingerprint density at radius 1 is 1.28 bits per heavy atom. The molecule has 0 unspecified atom stereocenters. The zero-order valence-electron chi connectivity index (χ0n) is 10.7. The first kappa shape index (κ1) is 13.0. The molecule has 0 aliphatic rings. The van der Waals surface area contributed by atoms with E-state index >= 15 is 0 Å². The van der Waals surface area contributed by atoms with Gasteiger partial charge in [0, 0.05) is 16.5 Å². The average Bonchev–Trinajstić information content (AvgIpc) is 2.71. The molecule has 0 aliphatic carbocycles. The molecule has 1 N–H and O–H groups in total. The SMILES string of the molecule is CC(C)[C@H](C)NC(=O)c1cc2cc(Cl)ccc2o1. The van der Waals surface area contributed by atoms with Crippen molar-refractivity contribution in [2.45, 2.75) is 26.8 Å². The van der Waals surface area contributed by atoms with Gasteiger partial charge in [0.2, 0.25) is 0 Å². The second-order valence-corrected chi connectivity index (χ2v) is 5.24. The van der Waals surface area contributed by atoms with Gasteiger partial charge < -0.3 is 9.73 Å². The Morgan fingerprint density at radius 3 is 2.67 bits per heavy atom. The van der Waals surface area contributed by atoms with E-state index in [0.29, 0.717) is 22.3 Å². The van der Waals surface area contributed by atoms with E-state index in [9.17, 15) is 4.79 Å². The molecule has 2 rings (SSSR count). The predicted molar refractivity (Wildman–Crippen MR) is 73.0 cm³/mol. The van der Waals surface area contributed by atoms with Crippen LogP contribution < -0.4 is 5.32 Å². The molecule has 0 aliphatic heterocycles. The monoisotopic (exact) mass is 265 g/mol. The molecule has 0 spiro atoms. The van der Waals surface area contributed by atoms with E-state index in [-0.39, 0.29) is 11.9 Å². The predicted octanol–water partition coefficient (Wildman–Crippen LogP) is 3.86. The van der Waals surface area contributed by atoms with Crippen molar-refractivity contribution >= 4 is 28.5 Å². The van der Waals surface area contributed by atoms with Crippen LogP contribution in [0, 0.1) is 5.92 Å². The van der Waals surface area contributed by atoms with Crippen molar-refractivity contribution in [3.05, 3.63) is 35.0 Å². The summed E-state index contributed by atoms with van der Waals surface area (Å²) in [5, 5.41) is 4.37. The van der Waals surface area contributed by atoms with Crippen LogP contribution in [0.15, 0.2) is 28.7 Å². The summed E-state index contributed by atoms with van der Waals surface area (Å²) in [4.78, 5) is 12.0. The van der Waals surface area contributed by atoms with Gasteiger partial charge in [-0.05, 0) is 37.1 Å². The third-order valence-electron chi connectivity index (χ3n) is 3.06. The van der Waals surface area contributed by atoms with Crippen molar-refractivity contribution in [2.24, 2.45) is 5.92 Å². The lowest BCUT2D eigenvalue weighted by molar-refractivity contribution is 0.0904. The summed E-state index contributed by atoms with van der Waals surface area (Å²) in [5.41, 5.74) is 0.668. The number of furan rings is 1. The van der Waals surface area contributed by atoms with E-state index in [2.05, 4.69) is 19.2 Å². The van der Waals surface area contributed by atoms with Crippen LogP contribution in [-0.4, -0.2) is 11.9 Å². The highest BCUT2D eigenvalue weighted by Crippen LogP contribution is 2.23. The molecule has 0 saturated carbocycles. The Kier molecular flexibility index (Phi) is 3.62. The van der Waals surface area contributed by atoms with Crippen molar-refractivity contribution in [1.82, 2.24) is 5.32 Å². The molecule has 4 heteroatoms. The molecule has 0 fully saturated rings. The summed E-state index contributed by atoms with van der Waals surface area (Å²) < 4.78 is 5.49. The highest BCUT2D eigenvalue weighted by molar-refractivity contribution is 6.31. The number of amides is 1. The lowest BCUT2D eigenvalue weighted by Gasteiger charge is -2.16. The third kappa shape index (κ3) is 2.67. The minimum absolute atomic E-state index is 0.106. The number of hydrogen-bond acceptors (Lipinski definition) is 2. The first-order valence-corrected chi connectivity index (χ1v) is 6.35. The van der Waals surface area contributed by atoms with Crippen LogP contribution in [0.2, 0.25) is 5.02 Å². The first-order chi connectivity index (χ1) is 8.47. The van der Waals surface area contributed by atoms with Crippen LogP contribution in [0.4, 0.5) is 0 Å². The molecule has 96 valence electrons. The molecule has 18 heavy (non-hydrogen) atoms. The molecule has 0 bridgehead atoms. The molecular weight excluding hydrogens is 250 g/mol. The second kappa shape index (κ2) is 5.02. The molecule has 0 radical (unpaired) electrons. The fraction of sp³-hybridized carbons (Fsp3) is 0.357. The van der Waals surface area contributed by atoms with Crippen molar-refractivity contribution < 1.29 is 9.21 Å². The van der Waals surface area contributed by atoms with Gasteiger partial charge in [-0.1, -0.05) is 25.4 Å². The van der Waals surface area contributed by atoms with Crippen molar-refractivity contribution in [3.8, 4) is 0 Å². The zero-order chi connectivity index (χ0) is 13.3. The molecule has 1 aromatic heterocycles. The molecular formula is C14H16ClNO2. The fourth-order valence-electron chi connectivity index (χ4n) is 1.57. The largest absolute Gasteiger partial charge is 0.451 e. The third-order valence-corrected chi connectivity index (χ3v) is 3.30. The van der Waals surface area contributed by atoms with Crippen LogP contribution in [0.25, 0.3) is 11.0 Å². The zero-order valence-corrected chi connectivity index (χ0v) is 11.4. The molecule has 0 saturated heterocycles. The van der Waals surface area contributed by atoms with Crippen LogP contribution >= 0.6 is 11.6 Å². The molecule has 1 aromatic carbocycles. The van der Waals surface area contributed by atoms with E-state index < -0.39 is 0 Å². The van der Waals surface area contributed by atoms with E-state index in [1.54, 1.807) is 24.3 Å². The van der Waals surface area contributed by atoms with Gasteiger partial charge in [-0.25, -0.2) is 0 Å². The second-order valence-electron chi connectivity index (χ2n) is 4.80. The molecule has 1 heterocycles. The highest BCUT2D eigenvalue weighted by atomic mass is 35.5. The van der Waals surface area contributed by atoms with Gasteiger partial charge in [-0.2, -0.15) is 0 Å². The van der Waals surface area contributed by atoms with Crippen molar-refractivity contribution in [1.29, 1.82) is 0 Å². The number of carbonyl (C=O) groups is 1. The Morgan fingerprint density at radius 2 is 2.00 bits per heavy atom. The van der Waals surface area contributed by atoms with Crippen molar-refractivity contribution in [2.75, 3.05) is 0 Å². The lowest BCUT2D eigenvalue weighted by Crippen LogP contribution is -2.35. The maximum absolute atomic E-state index is 12.0. The minimum atomic E-state index is -0.191. The lowest BCUT2D eigenvalue weighted by atomic mass is 10.1. The maximum atomic E-state index is 12.0. The molecule has 2 aromatic rings. The molecule has 1 amide bonds. The summed E-state index contributed by atoms with van der Waals surface area (Å²) in [6, 6.07) is 7.10. The quantitative estimate of drug-likeness (QED) is 0.916. The summed E-state index contributed by atoms with van der Waals surface area (Å²) in [6.07, 6.45) is 0. The van der Waals surface area contributed by atoms with Gasteiger partial charge in [0.25, 0.3) is 5.91 Å². The van der Waals surface area contributed by atoms with Gasteiger partial charge in [-0.3, -0.25) is 4.79 Å². The van der Waals surface area contributed by atoms with Gasteiger partial charge in [-0.15, -0.1) is 0 Å². The number of benzene rings is 1. The van der Waals surface area contributed by atoms with Crippen LogP contribution in [0.3, 0.4) is 0 Å². The first-order valence-electron chi connectivity index (χ1n) is 5.97. The number of rotatable bonds is 3. The number of nitrogens with one attached hydrogen (secondary N) is 1. The minimum Gasteiger partial charge on any atom is -0.451 e. The van der Waals surface area contributed by atoms with E-state index in [4.69, 9.17) is 16.0 Å². The summed E-state index contributed by atoms with van der Waals surface area (Å²) >= 11 is 5.89. The summed E-state index contributed by atoms with van der Waals surface area (Å²) in [5.74, 6) is 0.510. The molecule has 3 nitrogen and oxygen atoms in total. The normalized spacial score (nSPS) is 12.9. The molecule has 1 atom stereocenters. The van der Waals surface area contributed by atoms with E-state index in [1.165, 1.54) is 0 Å². The fourth-order valence-corrected chi connectivity index (χ4v) is 1.75. The van der Waals surface area contributed by atoms with Gasteiger partial charge in [0.05, 0.1) is 0 Å². The Bertz CT molecular complexity index is 574. The van der Waals surface area contributed by atoms with Crippen LogP contribution in [0.1, 0.15) is 31.3 Å². The maximum Gasteiger partial charge on any atom is 0.287 e. The Hall–Kier alpha value is -1.48. The summed E-state index contributed by atoms with van der Waals surface area (Å²) in [7, 11) is 0. The smallest absolute Gasteiger partial charge is 0.287 e. The van der Waals surface area contributed by atoms with E-state index in [0.717, 1.165) is 5.39 Å². The van der Waals surface area contributed by atoms with Crippen LogP contribution in [0.5, 0.6) is 0 Å². The number of halogens is 1. The highest BCUT2D eigenvalue weighted by Gasteiger charge is 2.16. The van der Waals surface area contributed by atoms with Crippen LogP contribution in [-0.2, 0) is 0 Å². The van der Waals surface area contributed by atoms with Gasteiger partial charge in [0.15, 0.2) is 5.76 Å². The topological polar surface area (TPSA) is 42.2 Å². The Labute approximate surface area is 111 Å². The van der Waals surface area contributed by atoms with E-state index in [1.807, 2.05) is 6.92 Å². The van der Waals surface area contributed by atoms with Gasteiger partial charge >= 0.3 is 0 Å². The van der Waals surface area contributed by atoms with Crippen molar-refractivity contribution in [3.63, 3.8) is 0 Å².